The van der Waals surface area contributed by atoms with Crippen molar-refractivity contribution in [2.24, 2.45) is 7.05 Å². The summed E-state index contributed by atoms with van der Waals surface area (Å²) in [6, 6.07) is 11.2. The van der Waals surface area contributed by atoms with Gasteiger partial charge in [-0.05, 0) is 43.3 Å². The molecule has 1 aliphatic rings. The van der Waals surface area contributed by atoms with Crippen LogP contribution in [-0.4, -0.2) is 39.6 Å². The SMILES string of the molecule is CN1CC(c2nc3cc(C#Cc4ccccn4)ccc3c(=O)n2C)C1. The summed E-state index contributed by atoms with van der Waals surface area (Å²) in [5, 5.41) is 0.627. The largest absolute Gasteiger partial charge is 0.305 e. The molecule has 3 heterocycles. The van der Waals surface area contributed by atoms with Crippen LogP contribution < -0.4 is 5.56 Å². The Morgan fingerprint density at radius 3 is 2.68 bits per heavy atom. The Balaban J connectivity index is 1.76. The molecule has 0 spiro atoms. The van der Waals surface area contributed by atoms with Gasteiger partial charge < -0.3 is 4.90 Å². The summed E-state index contributed by atoms with van der Waals surface area (Å²) >= 11 is 0. The third-order valence-corrected chi connectivity index (χ3v) is 4.54. The maximum Gasteiger partial charge on any atom is 0.261 e. The van der Waals surface area contributed by atoms with Crippen molar-refractivity contribution < 1.29 is 0 Å². The lowest BCUT2D eigenvalue weighted by atomic mass is 9.99. The topological polar surface area (TPSA) is 51.0 Å². The second-order valence-corrected chi connectivity index (χ2v) is 6.45. The first-order chi connectivity index (χ1) is 12.1. The first kappa shape index (κ1) is 15.6. The highest BCUT2D eigenvalue weighted by Gasteiger charge is 2.28. The lowest BCUT2D eigenvalue weighted by Crippen LogP contribution is -2.44. The van der Waals surface area contributed by atoms with Crippen LogP contribution in [0.2, 0.25) is 0 Å². The normalized spacial score (nSPS) is 14.8. The minimum Gasteiger partial charge on any atom is -0.305 e. The summed E-state index contributed by atoms with van der Waals surface area (Å²) in [6.45, 7) is 1.87. The van der Waals surface area contributed by atoms with Gasteiger partial charge in [0, 0.05) is 37.8 Å². The van der Waals surface area contributed by atoms with Crippen molar-refractivity contribution in [3.63, 3.8) is 0 Å². The Kier molecular flexibility index (Phi) is 3.83. The van der Waals surface area contributed by atoms with Crippen LogP contribution in [0.5, 0.6) is 0 Å². The zero-order valence-electron chi connectivity index (χ0n) is 14.2. The van der Waals surface area contributed by atoms with E-state index in [1.165, 1.54) is 0 Å². The number of hydrogen-bond donors (Lipinski definition) is 0. The highest BCUT2D eigenvalue weighted by molar-refractivity contribution is 5.79. The van der Waals surface area contributed by atoms with E-state index < -0.39 is 0 Å². The van der Waals surface area contributed by atoms with Crippen molar-refractivity contribution in [1.82, 2.24) is 19.4 Å². The maximum absolute atomic E-state index is 12.6. The van der Waals surface area contributed by atoms with Crippen LogP contribution in [0.1, 0.15) is 23.0 Å². The quantitative estimate of drug-likeness (QED) is 0.638. The Morgan fingerprint density at radius 2 is 1.96 bits per heavy atom. The molecule has 1 saturated heterocycles. The fraction of sp³-hybridized carbons (Fsp3) is 0.250. The van der Waals surface area contributed by atoms with Crippen molar-refractivity contribution in [1.29, 1.82) is 0 Å². The van der Waals surface area contributed by atoms with Gasteiger partial charge in [-0.1, -0.05) is 12.0 Å². The molecule has 4 rings (SSSR count). The van der Waals surface area contributed by atoms with Crippen LogP contribution in [0.3, 0.4) is 0 Å². The summed E-state index contributed by atoms with van der Waals surface area (Å²) in [5.41, 5.74) is 2.26. The fourth-order valence-electron chi connectivity index (χ4n) is 3.17. The number of likely N-dealkylation sites (tertiary alicyclic amines) is 1. The Hall–Kier alpha value is -2.97. The molecule has 2 aromatic heterocycles. The van der Waals surface area contributed by atoms with Crippen LogP contribution in [0, 0.1) is 11.8 Å². The molecule has 5 heteroatoms. The Bertz CT molecular complexity index is 1050. The smallest absolute Gasteiger partial charge is 0.261 e. The van der Waals surface area contributed by atoms with Crippen LogP contribution in [0.25, 0.3) is 10.9 Å². The van der Waals surface area contributed by atoms with Gasteiger partial charge in [-0.2, -0.15) is 0 Å². The van der Waals surface area contributed by atoms with Crippen molar-refractivity contribution >= 4 is 10.9 Å². The van der Waals surface area contributed by atoms with E-state index >= 15 is 0 Å². The highest BCUT2D eigenvalue weighted by Crippen LogP contribution is 2.24. The predicted octanol–water partition coefficient (Wildman–Crippen LogP) is 1.76. The van der Waals surface area contributed by atoms with Gasteiger partial charge in [0.2, 0.25) is 0 Å². The van der Waals surface area contributed by atoms with E-state index in [2.05, 4.69) is 28.8 Å². The number of benzene rings is 1. The monoisotopic (exact) mass is 330 g/mol. The second-order valence-electron chi connectivity index (χ2n) is 6.45. The number of fused-ring (bicyclic) bond motifs is 1. The third kappa shape index (κ3) is 2.92. The van der Waals surface area contributed by atoms with E-state index in [9.17, 15) is 4.79 Å². The van der Waals surface area contributed by atoms with Gasteiger partial charge >= 0.3 is 0 Å². The lowest BCUT2D eigenvalue weighted by Gasteiger charge is -2.36. The molecule has 0 aliphatic carbocycles. The highest BCUT2D eigenvalue weighted by atomic mass is 16.1. The second kappa shape index (κ2) is 6.15. The van der Waals surface area contributed by atoms with E-state index in [-0.39, 0.29) is 5.56 Å². The van der Waals surface area contributed by atoms with Crippen molar-refractivity contribution in [3.8, 4) is 11.8 Å². The third-order valence-electron chi connectivity index (χ3n) is 4.54. The van der Waals surface area contributed by atoms with Crippen LogP contribution in [-0.2, 0) is 7.05 Å². The molecule has 0 N–H and O–H groups in total. The number of pyridine rings is 1. The molecule has 0 atom stereocenters. The summed E-state index contributed by atoms with van der Waals surface area (Å²) < 4.78 is 1.68. The number of hydrogen-bond acceptors (Lipinski definition) is 4. The van der Waals surface area contributed by atoms with Gasteiger partial charge in [-0.25, -0.2) is 9.97 Å². The molecule has 3 aromatic rings. The molecule has 1 aliphatic heterocycles. The average Bonchev–Trinajstić information content (AvgIpc) is 2.61. The number of rotatable bonds is 1. The molecular formula is C20H18N4O. The summed E-state index contributed by atoms with van der Waals surface area (Å²) in [5.74, 6) is 7.31. The van der Waals surface area contributed by atoms with E-state index in [0.29, 0.717) is 16.8 Å². The molecule has 0 amide bonds. The van der Waals surface area contributed by atoms with Gasteiger partial charge in [-0.3, -0.25) is 9.36 Å². The van der Waals surface area contributed by atoms with E-state index in [1.54, 1.807) is 17.8 Å². The number of nitrogens with zero attached hydrogens (tertiary/aromatic N) is 4. The molecule has 1 fully saturated rings. The number of aromatic nitrogens is 3. The molecule has 124 valence electrons. The van der Waals surface area contributed by atoms with Gasteiger partial charge in [0.05, 0.1) is 10.9 Å². The summed E-state index contributed by atoms with van der Waals surface area (Å²) in [7, 11) is 3.87. The molecule has 0 radical (unpaired) electrons. The van der Waals surface area contributed by atoms with E-state index in [0.717, 1.165) is 30.2 Å². The van der Waals surface area contributed by atoms with Gasteiger partial charge in [0.1, 0.15) is 11.5 Å². The van der Waals surface area contributed by atoms with Crippen molar-refractivity contribution in [3.05, 3.63) is 70.0 Å². The first-order valence-electron chi connectivity index (χ1n) is 8.24. The predicted molar refractivity (Wildman–Crippen MR) is 97.4 cm³/mol. The van der Waals surface area contributed by atoms with Crippen LogP contribution in [0.4, 0.5) is 0 Å². The van der Waals surface area contributed by atoms with E-state index in [1.807, 2.05) is 36.4 Å². The molecule has 25 heavy (non-hydrogen) atoms. The summed E-state index contributed by atoms with van der Waals surface area (Å²) in [4.78, 5) is 23.8. The minimum atomic E-state index is -0.00112. The maximum atomic E-state index is 12.6. The molecule has 5 nitrogen and oxygen atoms in total. The standard InChI is InChI=1S/C20H18N4O/c1-23-12-15(13-23)19-22-18-11-14(6-8-16-5-3-4-10-21-16)7-9-17(18)20(25)24(19)2/h3-5,7,9-11,15H,12-13H2,1-2H3. The first-order valence-corrected chi connectivity index (χ1v) is 8.24. The average molecular weight is 330 g/mol. The lowest BCUT2D eigenvalue weighted by molar-refractivity contribution is 0.180. The Morgan fingerprint density at radius 1 is 1.12 bits per heavy atom. The Labute approximate surface area is 146 Å². The molecule has 0 bridgehead atoms. The molecule has 0 saturated carbocycles. The molecule has 1 aromatic carbocycles. The zero-order chi connectivity index (χ0) is 17.4. The summed E-state index contributed by atoms with van der Waals surface area (Å²) in [6.07, 6.45) is 1.72. The number of likely N-dealkylation sites (N-methyl/N-ethyl adjacent to an activating group) is 1. The fourth-order valence-corrected chi connectivity index (χ4v) is 3.17. The van der Waals surface area contributed by atoms with Gasteiger partial charge in [0.25, 0.3) is 5.56 Å². The molecule has 0 unspecified atom stereocenters. The van der Waals surface area contributed by atoms with Crippen molar-refractivity contribution in [2.45, 2.75) is 5.92 Å². The van der Waals surface area contributed by atoms with Gasteiger partial charge in [0.15, 0.2) is 0 Å². The minimum absolute atomic E-state index is 0.00112. The van der Waals surface area contributed by atoms with Crippen LogP contribution in [0.15, 0.2) is 47.4 Å². The van der Waals surface area contributed by atoms with Gasteiger partial charge in [-0.15, -0.1) is 0 Å². The molecular weight excluding hydrogens is 312 g/mol. The zero-order valence-corrected chi connectivity index (χ0v) is 14.2. The van der Waals surface area contributed by atoms with E-state index in [4.69, 9.17) is 4.98 Å². The van der Waals surface area contributed by atoms with Crippen LogP contribution >= 0.6 is 0 Å². The van der Waals surface area contributed by atoms with Crippen molar-refractivity contribution in [2.75, 3.05) is 20.1 Å².